The molecule has 0 saturated carbocycles. The van der Waals surface area contributed by atoms with Crippen LogP contribution in [0, 0.1) is 6.92 Å². The van der Waals surface area contributed by atoms with Crippen molar-refractivity contribution in [3.8, 4) is 11.4 Å². The number of aryl methyl sites for hydroxylation is 1. The second-order valence-corrected chi connectivity index (χ2v) is 6.45. The Hall–Kier alpha value is -2.73. The molecule has 1 aliphatic heterocycles. The summed E-state index contributed by atoms with van der Waals surface area (Å²) < 4.78 is 2.04. The summed E-state index contributed by atoms with van der Waals surface area (Å²) in [5, 5.41) is 9.01. The Morgan fingerprint density at radius 3 is 2.84 bits per heavy atom. The highest BCUT2D eigenvalue weighted by molar-refractivity contribution is 6.33. The SMILES string of the molecule is Cc1ccc(C(=O)N2CCn3c(nnc3-c3cccnc3)C2)c(Cl)c1. The Morgan fingerprint density at radius 1 is 1.20 bits per heavy atom. The molecule has 3 aromatic rings. The van der Waals surface area contributed by atoms with E-state index in [-0.39, 0.29) is 5.91 Å². The van der Waals surface area contributed by atoms with Gasteiger partial charge in [-0.2, -0.15) is 0 Å². The summed E-state index contributed by atoms with van der Waals surface area (Å²) in [5.41, 5.74) is 2.47. The van der Waals surface area contributed by atoms with Crippen molar-refractivity contribution >= 4 is 17.5 Å². The third kappa shape index (κ3) is 2.89. The van der Waals surface area contributed by atoms with E-state index < -0.39 is 0 Å². The first kappa shape index (κ1) is 15.8. The Balaban J connectivity index is 1.60. The van der Waals surface area contributed by atoms with Crippen LogP contribution in [0.1, 0.15) is 21.7 Å². The zero-order valence-electron chi connectivity index (χ0n) is 13.7. The van der Waals surface area contributed by atoms with Crippen LogP contribution in [0.3, 0.4) is 0 Å². The van der Waals surface area contributed by atoms with Crippen LogP contribution in [-0.4, -0.2) is 37.1 Å². The third-order valence-corrected chi connectivity index (χ3v) is 4.63. The minimum Gasteiger partial charge on any atom is -0.329 e. The number of benzene rings is 1. The fourth-order valence-electron chi connectivity index (χ4n) is 3.00. The smallest absolute Gasteiger partial charge is 0.255 e. The summed E-state index contributed by atoms with van der Waals surface area (Å²) in [5.74, 6) is 1.47. The number of pyridine rings is 1. The third-order valence-electron chi connectivity index (χ3n) is 4.32. The van der Waals surface area contributed by atoms with E-state index in [0.29, 0.717) is 30.2 Å². The summed E-state index contributed by atoms with van der Waals surface area (Å²) in [7, 11) is 0. The molecule has 6 nitrogen and oxygen atoms in total. The maximum absolute atomic E-state index is 12.8. The first-order valence-corrected chi connectivity index (χ1v) is 8.39. The van der Waals surface area contributed by atoms with Gasteiger partial charge in [-0.25, -0.2) is 0 Å². The summed E-state index contributed by atoms with van der Waals surface area (Å²) in [6.45, 7) is 3.59. The fraction of sp³-hybridized carbons (Fsp3) is 0.222. The first-order valence-electron chi connectivity index (χ1n) is 8.01. The van der Waals surface area contributed by atoms with Gasteiger partial charge in [0.05, 0.1) is 17.1 Å². The van der Waals surface area contributed by atoms with Gasteiger partial charge in [0.1, 0.15) is 0 Å². The van der Waals surface area contributed by atoms with Gasteiger partial charge in [0, 0.05) is 31.0 Å². The van der Waals surface area contributed by atoms with Crippen molar-refractivity contribution in [3.05, 3.63) is 64.7 Å². The summed E-state index contributed by atoms with van der Waals surface area (Å²) in [4.78, 5) is 18.7. The number of aromatic nitrogens is 4. The molecule has 0 fully saturated rings. The molecular weight excluding hydrogens is 338 g/mol. The van der Waals surface area contributed by atoms with Crippen molar-refractivity contribution < 1.29 is 4.79 Å². The number of hydrogen-bond acceptors (Lipinski definition) is 4. The van der Waals surface area contributed by atoms with Crippen molar-refractivity contribution in [2.24, 2.45) is 0 Å². The standard InChI is InChI=1S/C18H16ClN5O/c1-12-4-5-14(15(19)9-12)18(25)23-7-8-24-16(11-23)21-22-17(24)13-3-2-6-20-10-13/h2-6,9-10H,7-8,11H2,1H3. The van der Waals surface area contributed by atoms with Gasteiger partial charge in [-0.1, -0.05) is 17.7 Å². The summed E-state index contributed by atoms with van der Waals surface area (Å²) in [6.07, 6.45) is 3.49. The molecule has 7 heteroatoms. The molecule has 2 aromatic heterocycles. The largest absolute Gasteiger partial charge is 0.329 e. The number of halogens is 1. The molecular formula is C18H16ClN5O. The monoisotopic (exact) mass is 353 g/mol. The lowest BCUT2D eigenvalue weighted by Crippen LogP contribution is -2.38. The van der Waals surface area contributed by atoms with Crippen LogP contribution in [0.25, 0.3) is 11.4 Å². The molecule has 0 bridgehead atoms. The lowest BCUT2D eigenvalue weighted by molar-refractivity contribution is 0.0708. The van der Waals surface area contributed by atoms with Gasteiger partial charge in [0.15, 0.2) is 11.6 Å². The molecule has 1 aliphatic rings. The van der Waals surface area contributed by atoms with E-state index >= 15 is 0 Å². The second-order valence-electron chi connectivity index (χ2n) is 6.04. The Bertz CT molecular complexity index is 938. The van der Waals surface area contributed by atoms with Crippen molar-refractivity contribution in [2.45, 2.75) is 20.0 Å². The van der Waals surface area contributed by atoms with Crippen molar-refractivity contribution in [1.29, 1.82) is 0 Å². The van der Waals surface area contributed by atoms with Crippen LogP contribution in [0.4, 0.5) is 0 Å². The van der Waals surface area contributed by atoms with E-state index in [9.17, 15) is 4.79 Å². The van der Waals surface area contributed by atoms with Gasteiger partial charge in [0.25, 0.3) is 5.91 Å². The minimum atomic E-state index is -0.0813. The summed E-state index contributed by atoms with van der Waals surface area (Å²) >= 11 is 6.24. The van der Waals surface area contributed by atoms with Crippen molar-refractivity contribution in [1.82, 2.24) is 24.6 Å². The fourth-order valence-corrected chi connectivity index (χ4v) is 3.32. The molecule has 0 saturated heterocycles. The van der Waals surface area contributed by atoms with Gasteiger partial charge in [-0.15, -0.1) is 10.2 Å². The van der Waals surface area contributed by atoms with E-state index in [2.05, 4.69) is 15.2 Å². The van der Waals surface area contributed by atoms with E-state index in [1.807, 2.05) is 35.8 Å². The van der Waals surface area contributed by atoms with Crippen LogP contribution >= 0.6 is 11.6 Å². The number of carbonyl (C=O) groups is 1. The maximum Gasteiger partial charge on any atom is 0.255 e. The lowest BCUT2D eigenvalue weighted by Gasteiger charge is -2.28. The Kier molecular flexibility index (Phi) is 3.97. The van der Waals surface area contributed by atoms with Crippen LogP contribution in [0.5, 0.6) is 0 Å². The molecule has 1 aromatic carbocycles. The number of carbonyl (C=O) groups excluding carboxylic acids is 1. The molecule has 0 atom stereocenters. The average Bonchev–Trinajstić information content (AvgIpc) is 3.05. The molecule has 126 valence electrons. The van der Waals surface area contributed by atoms with Crippen molar-refractivity contribution in [2.75, 3.05) is 6.54 Å². The predicted octanol–water partition coefficient (Wildman–Crippen LogP) is 2.96. The Labute approximate surface area is 150 Å². The van der Waals surface area contributed by atoms with Crippen molar-refractivity contribution in [3.63, 3.8) is 0 Å². The zero-order chi connectivity index (χ0) is 17.4. The highest BCUT2D eigenvalue weighted by Crippen LogP contribution is 2.24. The molecule has 0 radical (unpaired) electrons. The summed E-state index contributed by atoms with van der Waals surface area (Å²) in [6, 6.07) is 9.30. The zero-order valence-corrected chi connectivity index (χ0v) is 14.4. The van der Waals surface area contributed by atoms with E-state index in [1.54, 1.807) is 23.4 Å². The molecule has 0 N–H and O–H groups in total. The average molecular weight is 354 g/mol. The molecule has 0 spiro atoms. The number of rotatable bonds is 2. The molecule has 3 heterocycles. The predicted molar refractivity (Wildman–Crippen MR) is 94.2 cm³/mol. The lowest BCUT2D eigenvalue weighted by atomic mass is 10.1. The van der Waals surface area contributed by atoms with Crippen LogP contribution in [0.2, 0.25) is 5.02 Å². The second kappa shape index (κ2) is 6.29. The molecule has 0 aliphatic carbocycles. The first-order chi connectivity index (χ1) is 12.1. The van der Waals surface area contributed by atoms with E-state index in [1.165, 1.54) is 0 Å². The topological polar surface area (TPSA) is 63.9 Å². The van der Waals surface area contributed by atoms with Crippen LogP contribution in [-0.2, 0) is 13.1 Å². The van der Waals surface area contributed by atoms with Crippen LogP contribution < -0.4 is 0 Å². The highest BCUT2D eigenvalue weighted by atomic mass is 35.5. The molecule has 0 unspecified atom stereocenters. The van der Waals surface area contributed by atoms with E-state index in [0.717, 1.165) is 22.8 Å². The van der Waals surface area contributed by atoms with Gasteiger partial charge in [0.2, 0.25) is 0 Å². The van der Waals surface area contributed by atoms with Gasteiger partial charge < -0.3 is 9.47 Å². The maximum atomic E-state index is 12.8. The van der Waals surface area contributed by atoms with Gasteiger partial charge in [-0.05, 0) is 36.8 Å². The quantitative estimate of drug-likeness (QED) is 0.710. The minimum absolute atomic E-state index is 0.0813. The molecule has 1 amide bonds. The number of nitrogens with zero attached hydrogens (tertiary/aromatic N) is 5. The highest BCUT2D eigenvalue weighted by Gasteiger charge is 2.26. The number of hydrogen-bond donors (Lipinski definition) is 0. The van der Waals surface area contributed by atoms with Crippen LogP contribution in [0.15, 0.2) is 42.7 Å². The molecule has 25 heavy (non-hydrogen) atoms. The van der Waals surface area contributed by atoms with Gasteiger partial charge >= 0.3 is 0 Å². The normalized spacial score (nSPS) is 13.6. The Morgan fingerprint density at radius 2 is 2.08 bits per heavy atom. The van der Waals surface area contributed by atoms with E-state index in [4.69, 9.17) is 11.6 Å². The van der Waals surface area contributed by atoms with Gasteiger partial charge in [-0.3, -0.25) is 9.78 Å². The number of fused-ring (bicyclic) bond motifs is 1. The molecule has 4 rings (SSSR count). The number of amides is 1.